The second-order valence-electron chi connectivity index (χ2n) is 7.14. The van der Waals surface area contributed by atoms with Gasteiger partial charge in [0, 0.05) is 38.3 Å². The van der Waals surface area contributed by atoms with Crippen molar-refractivity contribution in [2.45, 2.75) is 12.8 Å². The lowest BCUT2D eigenvalue weighted by atomic mass is 9.93. The lowest BCUT2D eigenvalue weighted by Crippen LogP contribution is -2.50. The second kappa shape index (κ2) is 6.08. The summed E-state index contributed by atoms with van der Waals surface area (Å²) in [7, 11) is 0. The first kappa shape index (κ1) is 14.9. The Hall–Kier alpha value is -1.68. The third-order valence-corrected chi connectivity index (χ3v) is 5.64. The van der Waals surface area contributed by atoms with E-state index in [0.717, 1.165) is 50.5 Å². The van der Waals surface area contributed by atoms with E-state index in [2.05, 4.69) is 17.1 Å². The van der Waals surface area contributed by atoms with Gasteiger partial charge in [0.2, 0.25) is 0 Å². The fourth-order valence-corrected chi connectivity index (χ4v) is 4.37. The third-order valence-electron chi connectivity index (χ3n) is 5.64. The van der Waals surface area contributed by atoms with E-state index in [1.807, 2.05) is 4.90 Å². The van der Waals surface area contributed by atoms with Crippen molar-refractivity contribution in [3.63, 3.8) is 0 Å². The number of amides is 1. The lowest BCUT2D eigenvalue weighted by Gasteiger charge is -2.37. The maximum Gasteiger partial charge on any atom is 0.254 e. The number of allylic oxidation sites excluding steroid dienone is 2. The van der Waals surface area contributed by atoms with Gasteiger partial charge in [0.15, 0.2) is 0 Å². The van der Waals surface area contributed by atoms with Crippen LogP contribution in [0.3, 0.4) is 0 Å². The van der Waals surface area contributed by atoms with Gasteiger partial charge in [-0.1, -0.05) is 18.2 Å². The molecule has 122 valence electrons. The zero-order valence-electron chi connectivity index (χ0n) is 13.3. The van der Waals surface area contributed by atoms with Crippen molar-refractivity contribution in [2.75, 3.05) is 32.7 Å². The van der Waals surface area contributed by atoms with Gasteiger partial charge in [-0.15, -0.1) is 0 Å². The van der Waals surface area contributed by atoms with Gasteiger partial charge >= 0.3 is 0 Å². The monoisotopic (exact) mass is 314 g/mol. The Bertz CT molecular complexity index is 622. The third kappa shape index (κ3) is 3.05. The first-order valence-electron chi connectivity index (χ1n) is 8.64. The summed E-state index contributed by atoms with van der Waals surface area (Å²) in [4.78, 5) is 16.8. The van der Waals surface area contributed by atoms with E-state index in [1.54, 1.807) is 12.1 Å². The van der Waals surface area contributed by atoms with Crippen molar-refractivity contribution in [3.8, 4) is 0 Å². The lowest BCUT2D eigenvalue weighted by molar-refractivity contribution is 0.0609. The topological polar surface area (TPSA) is 23.6 Å². The highest BCUT2D eigenvalue weighted by molar-refractivity contribution is 5.94. The van der Waals surface area contributed by atoms with Crippen molar-refractivity contribution in [3.05, 3.63) is 47.8 Å². The molecule has 1 aliphatic heterocycles. The van der Waals surface area contributed by atoms with Crippen LogP contribution < -0.4 is 0 Å². The summed E-state index contributed by atoms with van der Waals surface area (Å²) in [6.45, 7) is 4.50. The molecular formula is C19H23FN2O. The fraction of sp³-hybridized carbons (Fsp3) is 0.526. The molecule has 1 aromatic rings. The minimum atomic E-state index is -0.348. The highest BCUT2D eigenvalue weighted by Gasteiger charge is 2.36. The van der Waals surface area contributed by atoms with Crippen molar-refractivity contribution in [1.29, 1.82) is 0 Å². The number of benzene rings is 1. The Morgan fingerprint density at radius 3 is 2.61 bits per heavy atom. The summed E-state index contributed by atoms with van der Waals surface area (Å²) in [5.41, 5.74) is 0.455. The van der Waals surface area contributed by atoms with Crippen LogP contribution in [0.25, 0.3) is 0 Å². The maximum absolute atomic E-state index is 13.3. The molecule has 0 N–H and O–H groups in total. The van der Waals surface area contributed by atoms with Crippen molar-refractivity contribution < 1.29 is 9.18 Å². The van der Waals surface area contributed by atoms with E-state index in [4.69, 9.17) is 0 Å². The molecule has 1 saturated carbocycles. The molecule has 4 rings (SSSR count). The zero-order chi connectivity index (χ0) is 15.8. The Balaban J connectivity index is 1.30. The van der Waals surface area contributed by atoms with Crippen molar-refractivity contribution in [2.24, 2.45) is 17.8 Å². The van der Waals surface area contributed by atoms with E-state index in [0.29, 0.717) is 5.56 Å². The molecular weight excluding hydrogens is 291 g/mol. The molecule has 2 bridgehead atoms. The predicted molar refractivity (Wildman–Crippen MR) is 87.6 cm³/mol. The molecule has 0 aromatic heterocycles. The number of hydrogen-bond acceptors (Lipinski definition) is 2. The summed E-state index contributed by atoms with van der Waals surface area (Å²) in [5.74, 6) is 2.01. The van der Waals surface area contributed by atoms with Gasteiger partial charge in [0.05, 0.1) is 0 Å². The van der Waals surface area contributed by atoms with Gasteiger partial charge in [-0.3, -0.25) is 9.69 Å². The molecule has 0 unspecified atom stereocenters. The average molecular weight is 314 g/mol. The number of carbonyl (C=O) groups is 1. The van der Waals surface area contributed by atoms with Crippen molar-refractivity contribution >= 4 is 5.91 Å². The molecule has 0 radical (unpaired) electrons. The van der Waals surface area contributed by atoms with Gasteiger partial charge < -0.3 is 4.90 Å². The van der Waals surface area contributed by atoms with Crippen LogP contribution in [0.5, 0.6) is 0 Å². The molecule has 3 nitrogen and oxygen atoms in total. The van der Waals surface area contributed by atoms with Crippen LogP contribution in [0, 0.1) is 23.6 Å². The molecule has 0 spiro atoms. The number of rotatable bonds is 3. The SMILES string of the molecule is O=C(c1cccc(F)c1)N1CCN(C[C@@H]2C[C@H]3C=C[C@@H]2C3)CC1. The van der Waals surface area contributed by atoms with E-state index < -0.39 is 0 Å². The Kier molecular flexibility index (Phi) is 3.93. The Morgan fingerprint density at radius 1 is 1.13 bits per heavy atom. The Morgan fingerprint density at radius 2 is 1.96 bits per heavy atom. The molecule has 1 saturated heterocycles. The fourth-order valence-electron chi connectivity index (χ4n) is 4.37. The number of carbonyl (C=O) groups excluding carboxylic acids is 1. The molecule has 3 aliphatic rings. The normalized spacial score (nSPS) is 30.1. The minimum absolute atomic E-state index is 0.0491. The van der Waals surface area contributed by atoms with E-state index in [1.165, 1.54) is 25.0 Å². The summed E-state index contributed by atoms with van der Waals surface area (Å²) in [6, 6.07) is 6.00. The van der Waals surface area contributed by atoms with Gasteiger partial charge in [0.25, 0.3) is 5.91 Å². The molecule has 3 atom stereocenters. The number of halogens is 1. The molecule has 1 amide bonds. The predicted octanol–water partition coefficient (Wildman–Crippen LogP) is 2.80. The molecule has 2 aliphatic carbocycles. The summed E-state index contributed by atoms with van der Waals surface area (Å²) in [5, 5.41) is 0. The summed E-state index contributed by atoms with van der Waals surface area (Å²) in [6.07, 6.45) is 7.48. The molecule has 2 fully saturated rings. The van der Waals surface area contributed by atoms with Crippen LogP contribution in [0.1, 0.15) is 23.2 Å². The van der Waals surface area contributed by atoms with E-state index >= 15 is 0 Å². The van der Waals surface area contributed by atoms with Crippen LogP contribution in [-0.4, -0.2) is 48.4 Å². The highest BCUT2D eigenvalue weighted by Crippen LogP contribution is 2.43. The van der Waals surface area contributed by atoms with Gasteiger partial charge in [-0.25, -0.2) is 4.39 Å². The molecule has 1 aromatic carbocycles. The Labute approximate surface area is 136 Å². The van der Waals surface area contributed by atoms with E-state index in [9.17, 15) is 9.18 Å². The molecule has 1 heterocycles. The van der Waals surface area contributed by atoms with Crippen molar-refractivity contribution in [1.82, 2.24) is 9.80 Å². The van der Waals surface area contributed by atoms with Gasteiger partial charge in [-0.2, -0.15) is 0 Å². The smallest absolute Gasteiger partial charge is 0.254 e. The number of nitrogens with zero attached hydrogens (tertiary/aromatic N) is 2. The summed E-state index contributed by atoms with van der Waals surface area (Å²) < 4.78 is 13.3. The van der Waals surface area contributed by atoms with Crippen LogP contribution >= 0.6 is 0 Å². The number of piperazine rings is 1. The number of hydrogen-bond donors (Lipinski definition) is 0. The standard InChI is InChI=1S/C19H23FN2O/c20-18-3-1-2-16(12-18)19(23)22-8-6-21(7-9-22)13-17-11-14-4-5-15(17)10-14/h1-5,12,14-15,17H,6-11,13H2/t14-,15+,17-/m0/s1. The first-order valence-corrected chi connectivity index (χ1v) is 8.64. The van der Waals surface area contributed by atoms with Crippen LogP contribution in [0.15, 0.2) is 36.4 Å². The molecule has 23 heavy (non-hydrogen) atoms. The largest absolute Gasteiger partial charge is 0.336 e. The second-order valence-corrected chi connectivity index (χ2v) is 7.14. The zero-order valence-corrected chi connectivity index (χ0v) is 13.3. The average Bonchev–Trinajstić information content (AvgIpc) is 3.18. The van der Waals surface area contributed by atoms with Crippen LogP contribution in [-0.2, 0) is 0 Å². The highest BCUT2D eigenvalue weighted by atomic mass is 19.1. The first-order chi connectivity index (χ1) is 11.2. The van der Waals surface area contributed by atoms with Crippen LogP contribution in [0.2, 0.25) is 0 Å². The summed E-state index contributed by atoms with van der Waals surface area (Å²) >= 11 is 0. The number of fused-ring (bicyclic) bond motifs is 2. The minimum Gasteiger partial charge on any atom is -0.336 e. The van der Waals surface area contributed by atoms with Gasteiger partial charge in [0.1, 0.15) is 5.82 Å². The quantitative estimate of drug-likeness (QED) is 0.801. The maximum atomic E-state index is 13.3. The van der Waals surface area contributed by atoms with E-state index in [-0.39, 0.29) is 11.7 Å². The van der Waals surface area contributed by atoms with Gasteiger partial charge in [-0.05, 0) is 48.8 Å². The molecule has 4 heteroatoms. The van der Waals surface area contributed by atoms with Crippen LogP contribution in [0.4, 0.5) is 4.39 Å².